The van der Waals surface area contributed by atoms with Gasteiger partial charge in [0.2, 0.25) is 5.91 Å². The quantitative estimate of drug-likeness (QED) is 0.800. The number of carbonyl (C=O) groups is 1. The van der Waals surface area contributed by atoms with Crippen molar-refractivity contribution in [2.45, 2.75) is 25.9 Å². The van der Waals surface area contributed by atoms with Crippen molar-refractivity contribution in [2.24, 2.45) is 0 Å². The predicted octanol–water partition coefficient (Wildman–Crippen LogP) is 1.93. The maximum absolute atomic E-state index is 12.4. The van der Waals surface area contributed by atoms with Gasteiger partial charge in [0.05, 0.1) is 6.04 Å². The summed E-state index contributed by atoms with van der Waals surface area (Å²) in [5.41, 5.74) is 1.22. The number of nitrogens with zero attached hydrogens (tertiary/aromatic N) is 3. The van der Waals surface area contributed by atoms with Gasteiger partial charge in [-0.05, 0) is 31.5 Å². The molecule has 0 bridgehead atoms. The molecule has 0 fully saturated rings. The lowest BCUT2D eigenvalue weighted by atomic mass is 10.1. The molecule has 0 spiro atoms. The van der Waals surface area contributed by atoms with E-state index in [4.69, 9.17) is 0 Å². The zero-order valence-corrected chi connectivity index (χ0v) is 13.0. The van der Waals surface area contributed by atoms with E-state index in [1.165, 1.54) is 11.0 Å². The van der Waals surface area contributed by atoms with Crippen molar-refractivity contribution < 1.29 is 4.79 Å². The van der Waals surface area contributed by atoms with Gasteiger partial charge in [0.15, 0.2) is 0 Å². The van der Waals surface area contributed by atoms with Gasteiger partial charge in [0.25, 0.3) is 5.56 Å². The molecule has 0 aliphatic carbocycles. The standard InChI is InChI=1S/C17H18N4O2/c1-12(14-7-4-3-5-8-14)19-16(22)13(2)21-17(23)15-9-6-10-20(15)11-18-21/h3-13H,1-2H3,(H,19,22)/t12-,13-/m0/s1. The normalized spacial score (nSPS) is 13.7. The summed E-state index contributed by atoms with van der Waals surface area (Å²) < 4.78 is 2.85. The van der Waals surface area contributed by atoms with Gasteiger partial charge in [-0.25, -0.2) is 4.68 Å². The Kier molecular flexibility index (Phi) is 3.97. The molecule has 3 aromatic rings. The Bertz CT molecular complexity index is 882. The molecule has 0 unspecified atom stereocenters. The molecular formula is C17H18N4O2. The lowest BCUT2D eigenvalue weighted by molar-refractivity contribution is -0.124. The zero-order valence-electron chi connectivity index (χ0n) is 13.0. The average Bonchev–Trinajstić information content (AvgIpc) is 3.05. The largest absolute Gasteiger partial charge is 0.348 e. The molecule has 3 rings (SSSR count). The van der Waals surface area contributed by atoms with Gasteiger partial charge >= 0.3 is 0 Å². The molecule has 0 aliphatic heterocycles. The summed E-state index contributed by atoms with van der Waals surface area (Å²) in [6.45, 7) is 3.58. The molecule has 2 heterocycles. The first-order valence-corrected chi connectivity index (χ1v) is 7.48. The fourth-order valence-electron chi connectivity index (χ4n) is 2.50. The topological polar surface area (TPSA) is 68.4 Å². The molecule has 118 valence electrons. The van der Waals surface area contributed by atoms with Gasteiger partial charge in [-0.1, -0.05) is 30.3 Å². The van der Waals surface area contributed by atoms with Gasteiger partial charge in [-0.15, -0.1) is 0 Å². The number of fused-ring (bicyclic) bond motifs is 1. The van der Waals surface area contributed by atoms with Crippen molar-refractivity contribution in [1.82, 2.24) is 19.5 Å². The van der Waals surface area contributed by atoms with Crippen LogP contribution in [-0.4, -0.2) is 20.1 Å². The van der Waals surface area contributed by atoms with E-state index >= 15 is 0 Å². The highest BCUT2D eigenvalue weighted by Gasteiger charge is 2.20. The van der Waals surface area contributed by atoms with Crippen LogP contribution < -0.4 is 10.9 Å². The number of hydrogen-bond acceptors (Lipinski definition) is 3. The fourth-order valence-corrected chi connectivity index (χ4v) is 2.50. The van der Waals surface area contributed by atoms with E-state index in [1.54, 1.807) is 29.7 Å². The molecule has 2 atom stereocenters. The third kappa shape index (κ3) is 2.88. The summed E-state index contributed by atoms with van der Waals surface area (Å²) in [4.78, 5) is 24.8. The molecule has 0 radical (unpaired) electrons. The van der Waals surface area contributed by atoms with Crippen LogP contribution in [0.25, 0.3) is 5.52 Å². The predicted molar refractivity (Wildman–Crippen MR) is 87.2 cm³/mol. The summed E-state index contributed by atoms with van der Waals surface area (Å²) in [5.74, 6) is -0.244. The number of benzene rings is 1. The summed E-state index contributed by atoms with van der Waals surface area (Å²) in [7, 11) is 0. The number of nitrogens with one attached hydrogen (secondary N) is 1. The maximum atomic E-state index is 12.4. The SMILES string of the molecule is C[C@H](NC(=O)[C@H](C)n1ncn2cccc2c1=O)c1ccccc1. The molecule has 1 aromatic carbocycles. The molecule has 0 aliphatic rings. The van der Waals surface area contributed by atoms with E-state index in [2.05, 4.69) is 10.4 Å². The Morgan fingerprint density at radius 3 is 2.61 bits per heavy atom. The van der Waals surface area contributed by atoms with E-state index in [0.29, 0.717) is 5.52 Å². The van der Waals surface area contributed by atoms with Crippen LogP contribution in [0.4, 0.5) is 0 Å². The Morgan fingerprint density at radius 1 is 1.13 bits per heavy atom. The van der Waals surface area contributed by atoms with E-state index in [1.807, 2.05) is 37.3 Å². The van der Waals surface area contributed by atoms with Crippen LogP contribution >= 0.6 is 0 Å². The molecule has 2 aromatic heterocycles. The van der Waals surface area contributed by atoms with Crippen molar-refractivity contribution in [1.29, 1.82) is 0 Å². The molecule has 1 N–H and O–H groups in total. The summed E-state index contributed by atoms with van der Waals surface area (Å²) in [6, 6.07) is 12.3. The van der Waals surface area contributed by atoms with Crippen molar-refractivity contribution in [3.8, 4) is 0 Å². The molecule has 0 saturated carbocycles. The van der Waals surface area contributed by atoms with Crippen LogP contribution in [0.5, 0.6) is 0 Å². The second-order valence-corrected chi connectivity index (χ2v) is 5.50. The smallest absolute Gasteiger partial charge is 0.291 e. The summed E-state index contributed by atoms with van der Waals surface area (Å²) in [5, 5.41) is 7.00. The number of carbonyl (C=O) groups excluding carboxylic acids is 1. The van der Waals surface area contributed by atoms with E-state index < -0.39 is 6.04 Å². The number of rotatable bonds is 4. The van der Waals surface area contributed by atoms with Crippen LogP contribution in [0.2, 0.25) is 0 Å². The highest BCUT2D eigenvalue weighted by Crippen LogP contribution is 2.13. The van der Waals surface area contributed by atoms with Gasteiger partial charge in [-0.2, -0.15) is 5.10 Å². The minimum absolute atomic E-state index is 0.140. The number of hydrogen-bond donors (Lipinski definition) is 1. The molecule has 6 nitrogen and oxygen atoms in total. The highest BCUT2D eigenvalue weighted by atomic mass is 16.2. The molecule has 1 amide bonds. The maximum Gasteiger partial charge on any atom is 0.291 e. The minimum Gasteiger partial charge on any atom is -0.348 e. The lowest BCUT2D eigenvalue weighted by Crippen LogP contribution is -2.38. The van der Waals surface area contributed by atoms with Gasteiger partial charge in [-0.3, -0.25) is 9.59 Å². The third-order valence-electron chi connectivity index (χ3n) is 3.91. The number of aromatic nitrogens is 3. The van der Waals surface area contributed by atoms with E-state index in [-0.39, 0.29) is 17.5 Å². The van der Waals surface area contributed by atoms with Gasteiger partial charge in [0.1, 0.15) is 17.9 Å². The first-order valence-electron chi connectivity index (χ1n) is 7.48. The van der Waals surface area contributed by atoms with Crippen LogP contribution in [0.3, 0.4) is 0 Å². The van der Waals surface area contributed by atoms with Crippen LogP contribution in [-0.2, 0) is 4.79 Å². The second kappa shape index (κ2) is 6.08. The first kappa shape index (κ1) is 15.0. The average molecular weight is 310 g/mol. The zero-order chi connectivity index (χ0) is 16.4. The Hall–Kier alpha value is -2.89. The molecule has 23 heavy (non-hydrogen) atoms. The minimum atomic E-state index is -0.687. The van der Waals surface area contributed by atoms with Crippen molar-refractivity contribution in [2.75, 3.05) is 0 Å². The van der Waals surface area contributed by atoms with Crippen molar-refractivity contribution in [3.63, 3.8) is 0 Å². The van der Waals surface area contributed by atoms with Gasteiger partial charge in [0, 0.05) is 6.20 Å². The van der Waals surface area contributed by atoms with E-state index in [9.17, 15) is 9.59 Å². The molecular weight excluding hydrogens is 292 g/mol. The van der Waals surface area contributed by atoms with Gasteiger partial charge < -0.3 is 9.72 Å². The fraction of sp³-hybridized carbons (Fsp3) is 0.235. The molecule has 6 heteroatoms. The molecule has 0 saturated heterocycles. The lowest BCUT2D eigenvalue weighted by Gasteiger charge is -2.18. The first-order chi connectivity index (χ1) is 11.1. The number of amides is 1. The van der Waals surface area contributed by atoms with Crippen molar-refractivity contribution in [3.05, 3.63) is 70.9 Å². The van der Waals surface area contributed by atoms with Crippen LogP contribution in [0.15, 0.2) is 59.8 Å². The Labute approximate surface area is 133 Å². The second-order valence-electron chi connectivity index (χ2n) is 5.50. The summed E-state index contributed by atoms with van der Waals surface area (Å²) in [6.07, 6.45) is 3.28. The Balaban J connectivity index is 1.81. The monoisotopic (exact) mass is 310 g/mol. The van der Waals surface area contributed by atoms with Crippen molar-refractivity contribution >= 4 is 11.4 Å². The van der Waals surface area contributed by atoms with Crippen LogP contribution in [0.1, 0.15) is 31.5 Å². The van der Waals surface area contributed by atoms with E-state index in [0.717, 1.165) is 5.56 Å². The van der Waals surface area contributed by atoms with Crippen LogP contribution in [0, 0.1) is 0 Å². The third-order valence-corrected chi connectivity index (χ3v) is 3.91. The summed E-state index contributed by atoms with van der Waals surface area (Å²) >= 11 is 0. The highest BCUT2D eigenvalue weighted by molar-refractivity contribution is 5.80. The Morgan fingerprint density at radius 2 is 1.87 bits per heavy atom.